The maximum atomic E-state index is 10.8. The van der Waals surface area contributed by atoms with Gasteiger partial charge in [-0.3, -0.25) is 9.63 Å². The summed E-state index contributed by atoms with van der Waals surface area (Å²) < 4.78 is 21.0. The fourth-order valence-corrected chi connectivity index (χ4v) is 1.29. The summed E-state index contributed by atoms with van der Waals surface area (Å²) in [6.07, 6.45) is -0.229. The lowest BCUT2D eigenvalue weighted by Gasteiger charge is -2.07. The Labute approximate surface area is 136 Å². The molecular weight excluding hydrogens is 308 g/mol. The summed E-state index contributed by atoms with van der Waals surface area (Å²) in [5.74, 6) is 0.117. The topological polar surface area (TPSA) is 105 Å². The molecule has 0 unspecified atom stereocenters. The molecule has 0 atom stereocenters. The first-order chi connectivity index (χ1) is 11.2. The molecule has 0 aliphatic heterocycles. The van der Waals surface area contributed by atoms with Crippen molar-refractivity contribution in [1.29, 1.82) is 0 Å². The van der Waals surface area contributed by atoms with Crippen LogP contribution in [0.3, 0.4) is 0 Å². The van der Waals surface area contributed by atoms with E-state index in [1.165, 1.54) is 6.92 Å². The van der Waals surface area contributed by atoms with E-state index in [9.17, 15) is 9.59 Å². The van der Waals surface area contributed by atoms with E-state index in [-0.39, 0.29) is 5.78 Å². The van der Waals surface area contributed by atoms with Crippen molar-refractivity contribution in [2.45, 2.75) is 13.3 Å². The maximum absolute atomic E-state index is 10.8. The summed E-state index contributed by atoms with van der Waals surface area (Å²) in [5.41, 5.74) is 0. The van der Waals surface area contributed by atoms with Crippen LogP contribution in [0.5, 0.6) is 0 Å². The molecule has 0 spiro atoms. The number of Topliss-reactive ketones (excluding diaryl/α,β-unsaturated/α-hetero) is 1. The number of nitrogens with zero attached hydrogens (tertiary/aromatic N) is 1. The van der Waals surface area contributed by atoms with Crippen LogP contribution < -0.4 is 5.32 Å². The van der Waals surface area contributed by atoms with Gasteiger partial charge in [-0.25, -0.2) is 4.79 Å². The van der Waals surface area contributed by atoms with Gasteiger partial charge in [-0.2, -0.15) is 0 Å². The van der Waals surface area contributed by atoms with E-state index in [0.717, 1.165) is 0 Å². The Kier molecular flexibility index (Phi) is 15.7. The average molecular weight is 334 g/mol. The van der Waals surface area contributed by atoms with E-state index in [1.807, 2.05) is 0 Å². The summed E-state index contributed by atoms with van der Waals surface area (Å²) in [6, 6.07) is 0. The van der Waals surface area contributed by atoms with Crippen LogP contribution in [-0.4, -0.2) is 78.0 Å². The molecule has 0 heterocycles. The lowest BCUT2D eigenvalue weighted by molar-refractivity contribution is -0.118. The van der Waals surface area contributed by atoms with Crippen LogP contribution in [0.15, 0.2) is 5.16 Å². The molecule has 1 N–H and O–H groups in total. The standard InChI is InChI=1S/C14H26N2O7/c1-13(17)3-5-19-7-9-21-11-12-22-10-8-20-6-4-16-14(18)23-15-2/h2-12H2,1H3,(H,16,18). The Morgan fingerprint density at radius 2 is 1.35 bits per heavy atom. The number of ketones is 1. The highest BCUT2D eigenvalue weighted by Crippen LogP contribution is 1.86. The fraction of sp³-hybridized carbons (Fsp3) is 0.786. The SMILES string of the molecule is C=NOC(=O)NCCOCCOCCOCCOCCC(C)=O. The third kappa shape index (κ3) is 18.4. The molecule has 0 aromatic carbocycles. The molecule has 0 radical (unpaired) electrons. The van der Waals surface area contributed by atoms with E-state index in [2.05, 4.69) is 22.0 Å². The Morgan fingerprint density at radius 1 is 0.870 bits per heavy atom. The fourth-order valence-electron chi connectivity index (χ4n) is 1.29. The number of hydrogen-bond acceptors (Lipinski definition) is 8. The third-order valence-electron chi connectivity index (χ3n) is 2.38. The van der Waals surface area contributed by atoms with Gasteiger partial charge >= 0.3 is 6.09 Å². The zero-order valence-electron chi connectivity index (χ0n) is 13.6. The summed E-state index contributed by atoms with van der Waals surface area (Å²) in [7, 11) is 0. The minimum Gasteiger partial charge on any atom is -0.379 e. The van der Waals surface area contributed by atoms with Crippen LogP contribution in [0.1, 0.15) is 13.3 Å². The molecule has 23 heavy (non-hydrogen) atoms. The quantitative estimate of drug-likeness (QED) is 0.188. The van der Waals surface area contributed by atoms with E-state index >= 15 is 0 Å². The highest BCUT2D eigenvalue weighted by molar-refractivity contribution is 5.75. The number of hydrogen-bond donors (Lipinski definition) is 1. The van der Waals surface area contributed by atoms with Gasteiger partial charge in [0.2, 0.25) is 0 Å². The van der Waals surface area contributed by atoms with Gasteiger partial charge in [-0.1, -0.05) is 5.16 Å². The minimum absolute atomic E-state index is 0.117. The van der Waals surface area contributed by atoms with Crippen molar-refractivity contribution in [2.24, 2.45) is 5.16 Å². The zero-order chi connectivity index (χ0) is 17.2. The predicted molar refractivity (Wildman–Crippen MR) is 82.6 cm³/mol. The number of carbonyl (C=O) groups is 2. The van der Waals surface area contributed by atoms with Crippen LogP contribution >= 0.6 is 0 Å². The van der Waals surface area contributed by atoms with E-state index in [1.54, 1.807) is 0 Å². The molecule has 134 valence electrons. The highest BCUT2D eigenvalue weighted by atomic mass is 16.7. The van der Waals surface area contributed by atoms with Crippen molar-refractivity contribution < 1.29 is 33.4 Å². The van der Waals surface area contributed by atoms with Gasteiger partial charge in [-0.05, 0) is 6.92 Å². The van der Waals surface area contributed by atoms with Crippen LogP contribution in [0.25, 0.3) is 0 Å². The smallest absolute Gasteiger partial charge is 0.379 e. The van der Waals surface area contributed by atoms with Gasteiger partial charge < -0.3 is 24.3 Å². The Hall–Kier alpha value is -1.55. The normalized spacial score (nSPS) is 10.3. The maximum Gasteiger partial charge on any atom is 0.433 e. The monoisotopic (exact) mass is 334 g/mol. The van der Waals surface area contributed by atoms with E-state index < -0.39 is 6.09 Å². The number of ether oxygens (including phenoxy) is 4. The summed E-state index contributed by atoms with van der Waals surface area (Å²) in [5, 5.41) is 5.39. The zero-order valence-corrected chi connectivity index (χ0v) is 13.6. The molecule has 9 nitrogen and oxygen atoms in total. The second kappa shape index (κ2) is 16.8. The molecule has 0 saturated carbocycles. The second-order valence-corrected chi connectivity index (χ2v) is 4.34. The predicted octanol–water partition coefficient (Wildman–Crippen LogP) is 0.374. The number of carbonyl (C=O) groups excluding carboxylic acids is 2. The Morgan fingerprint density at radius 3 is 1.83 bits per heavy atom. The van der Waals surface area contributed by atoms with Crippen LogP contribution in [0.2, 0.25) is 0 Å². The van der Waals surface area contributed by atoms with Crippen molar-refractivity contribution >= 4 is 18.6 Å². The van der Waals surface area contributed by atoms with Crippen LogP contribution in [-0.2, 0) is 28.6 Å². The molecule has 0 fully saturated rings. The average Bonchev–Trinajstić information content (AvgIpc) is 2.51. The molecule has 0 saturated heterocycles. The van der Waals surface area contributed by atoms with Gasteiger partial charge in [-0.15, -0.1) is 0 Å². The van der Waals surface area contributed by atoms with Gasteiger partial charge in [0.05, 0.1) is 52.9 Å². The first-order valence-electron chi connectivity index (χ1n) is 7.38. The molecule has 1 amide bonds. The van der Waals surface area contributed by atoms with E-state index in [4.69, 9.17) is 18.9 Å². The summed E-state index contributed by atoms with van der Waals surface area (Å²) >= 11 is 0. The van der Waals surface area contributed by atoms with Crippen molar-refractivity contribution in [1.82, 2.24) is 5.32 Å². The highest BCUT2D eigenvalue weighted by Gasteiger charge is 1.98. The van der Waals surface area contributed by atoms with Crippen molar-refractivity contribution in [3.8, 4) is 0 Å². The molecule has 0 aliphatic carbocycles. The Balaban J connectivity index is 3.06. The Bertz CT molecular complexity index is 326. The minimum atomic E-state index is -0.665. The van der Waals surface area contributed by atoms with Crippen molar-refractivity contribution in [2.75, 3.05) is 59.4 Å². The number of oxime groups is 1. The molecule has 0 aromatic heterocycles. The number of rotatable bonds is 16. The molecule has 0 rings (SSSR count). The van der Waals surface area contributed by atoms with Gasteiger partial charge in [0.25, 0.3) is 0 Å². The van der Waals surface area contributed by atoms with Gasteiger partial charge in [0.15, 0.2) is 0 Å². The lowest BCUT2D eigenvalue weighted by atomic mass is 10.3. The van der Waals surface area contributed by atoms with Crippen molar-refractivity contribution in [3.05, 3.63) is 0 Å². The van der Waals surface area contributed by atoms with Gasteiger partial charge in [0, 0.05) is 19.7 Å². The van der Waals surface area contributed by atoms with Crippen LogP contribution in [0.4, 0.5) is 4.79 Å². The third-order valence-corrected chi connectivity index (χ3v) is 2.38. The molecular formula is C14H26N2O7. The molecule has 0 bridgehead atoms. The first-order valence-corrected chi connectivity index (χ1v) is 7.38. The molecule has 0 aliphatic rings. The first kappa shape index (κ1) is 21.4. The molecule has 0 aromatic rings. The lowest BCUT2D eigenvalue weighted by Crippen LogP contribution is -2.27. The van der Waals surface area contributed by atoms with Crippen LogP contribution in [0, 0.1) is 0 Å². The second-order valence-electron chi connectivity index (χ2n) is 4.34. The molecule has 9 heteroatoms. The van der Waals surface area contributed by atoms with Gasteiger partial charge in [0.1, 0.15) is 5.78 Å². The van der Waals surface area contributed by atoms with Crippen molar-refractivity contribution in [3.63, 3.8) is 0 Å². The summed E-state index contributed by atoms with van der Waals surface area (Å²) in [4.78, 5) is 25.7. The summed E-state index contributed by atoms with van der Waals surface area (Å²) in [6.45, 7) is 8.39. The number of nitrogens with one attached hydrogen (secondary N) is 1. The largest absolute Gasteiger partial charge is 0.433 e. The van der Waals surface area contributed by atoms with E-state index in [0.29, 0.717) is 65.8 Å². The number of amides is 1.